The van der Waals surface area contributed by atoms with E-state index >= 15 is 0 Å². The molecule has 0 atom stereocenters. The zero-order valence-electron chi connectivity index (χ0n) is 39.2. The van der Waals surface area contributed by atoms with Crippen molar-refractivity contribution in [1.82, 2.24) is 0 Å². The fourth-order valence-electron chi connectivity index (χ4n) is 8.70. The van der Waals surface area contributed by atoms with Crippen LogP contribution < -0.4 is 0 Å². The van der Waals surface area contributed by atoms with Gasteiger partial charge >= 0.3 is 0 Å². The van der Waals surface area contributed by atoms with E-state index in [1.165, 1.54) is 99.8 Å². The van der Waals surface area contributed by atoms with Crippen molar-refractivity contribution in [2.45, 2.75) is 105 Å². The molecule has 0 aromatic heterocycles. The molecule has 0 aliphatic heterocycles. The molecule has 0 aliphatic rings. The summed E-state index contributed by atoms with van der Waals surface area (Å²) in [6.07, 6.45) is 0. The van der Waals surface area contributed by atoms with Gasteiger partial charge in [-0.3, -0.25) is 0 Å². The second kappa shape index (κ2) is 16.0. The second-order valence-electron chi connectivity index (χ2n) is 21.6. The van der Waals surface area contributed by atoms with Gasteiger partial charge in [-0.1, -0.05) is 217 Å². The maximum atomic E-state index is 2.39. The van der Waals surface area contributed by atoms with Gasteiger partial charge < -0.3 is 0 Å². The van der Waals surface area contributed by atoms with Crippen molar-refractivity contribution < 1.29 is 0 Å². The van der Waals surface area contributed by atoms with Crippen molar-refractivity contribution >= 4 is 10.8 Å². The highest BCUT2D eigenvalue weighted by molar-refractivity contribution is 6.06. The summed E-state index contributed by atoms with van der Waals surface area (Å²) in [5.74, 6) is 0. The van der Waals surface area contributed by atoms with E-state index in [2.05, 4.69) is 253 Å². The van der Waals surface area contributed by atoms with E-state index < -0.39 is 0 Å². The van der Waals surface area contributed by atoms with Crippen LogP contribution in [0.1, 0.15) is 105 Å². The topological polar surface area (TPSA) is 0 Å². The van der Waals surface area contributed by atoms with Crippen LogP contribution in [0.15, 0.2) is 170 Å². The molecule has 0 amide bonds. The molecule has 0 nitrogen and oxygen atoms in total. The van der Waals surface area contributed by atoms with Gasteiger partial charge in [0.05, 0.1) is 0 Å². The highest BCUT2D eigenvalue weighted by atomic mass is 14.2. The second-order valence-corrected chi connectivity index (χ2v) is 21.6. The lowest BCUT2D eigenvalue weighted by molar-refractivity contribution is 0.590. The number of benzene rings is 8. The fourth-order valence-corrected chi connectivity index (χ4v) is 8.70. The molecule has 8 aromatic carbocycles. The summed E-state index contributed by atoms with van der Waals surface area (Å²) in [5, 5.41) is 2.49. The van der Waals surface area contributed by atoms with E-state index in [9.17, 15) is 0 Å². The minimum atomic E-state index is 0.0923. The third-order valence-corrected chi connectivity index (χ3v) is 12.7. The van der Waals surface area contributed by atoms with Crippen LogP contribution in [-0.4, -0.2) is 0 Å². The Hall–Kier alpha value is -5.98. The third kappa shape index (κ3) is 8.98. The van der Waals surface area contributed by atoms with Crippen molar-refractivity contribution in [2.24, 2.45) is 0 Å². The molecule has 0 fully saturated rings. The average molecular weight is 809 g/mol. The third-order valence-electron chi connectivity index (χ3n) is 12.7. The average Bonchev–Trinajstić information content (AvgIpc) is 3.24. The van der Waals surface area contributed by atoms with Crippen LogP contribution >= 0.6 is 0 Å². The molecule has 0 heterocycles. The van der Waals surface area contributed by atoms with Crippen LogP contribution in [0.5, 0.6) is 0 Å². The molecule has 0 radical (unpaired) electrons. The molecule has 0 saturated carbocycles. The van der Waals surface area contributed by atoms with E-state index in [0.29, 0.717) is 0 Å². The van der Waals surface area contributed by atoms with Crippen molar-refractivity contribution in [2.75, 3.05) is 0 Å². The minimum absolute atomic E-state index is 0.0923. The highest BCUT2D eigenvalue weighted by Crippen LogP contribution is 2.42. The summed E-state index contributed by atoms with van der Waals surface area (Å²) < 4.78 is 0. The van der Waals surface area contributed by atoms with Crippen LogP contribution in [-0.2, 0) is 21.7 Å². The van der Waals surface area contributed by atoms with Gasteiger partial charge in [-0.05, 0) is 158 Å². The van der Waals surface area contributed by atoms with Crippen molar-refractivity contribution in [3.8, 4) is 66.8 Å². The Bertz CT molecular complexity index is 2500. The number of hydrogen-bond acceptors (Lipinski definition) is 0. The largest absolute Gasteiger partial charge is 0.0610 e. The van der Waals surface area contributed by atoms with E-state index in [1.54, 1.807) is 0 Å². The molecular weight excluding hydrogens is 745 g/mol. The molecule has 0 aliphatic carbocycles. The van der Waals surface area contributed by atoms with Gasteiger partial charge in [0.1, 0.15) is 0 Å². The Morgan fingerprint density at radius 1 is 0.210 bits per heavy atom. The lowest BCUT2D eigenvalue weighted by Crippen LogP contribution is -2.10. The van der Waals surface area contributed by atoms with Gasteiger partial charge in [-0.15, -0.1) is 0 Å². The standard InChI is InChI=1S/C62H64/c1-59(2,3)51-27-19-41(20-28-51)45-35-46(42-21-29-52(30-22-42)60(4,5)6)38-49(37-45)55-15-13-18-58-56(16-14-17-57(55)58)50-39-47(43-23-31-53(32-24-43)61(7,8)9)36-48(40-50)44-25-33-54(34-26-44)62(10,11)12/h13-40H,1-12H3. The molecular formula is C62H64. The van der Waals surface area contributed by atoms with Crippen LogP contribution in [0.2, 0.25) is 0 Å². The van der Waals surface area contributed by atoms with E-state index in [1.807, 2.05) is 0 Å². The minimum Gasteiger partial charge on any atom is -0.0610 e. The lowest BCUT2D eigenvalue weighted by atomic mass is 9.84. The first kappa shape index (κ1) is 42.7. The van der Waals surface area contributed by atoms with Gasteiger partial charge in [-0.25, -0.2) is 0 Å². The van der Waals surface area contributed by atoms with Crippen molar-refractivity contribution in [1.29, 1.82) is 0 Å². The van der Waals surface area contributed by atoms with Gasteiger partial charge in [-0.2, -0.15) is 0 Å². The van der Waals surface area contributed by atoms with E-state index in [-0.39, 0.29) is 21.7 Å². The van der Waals surface area contributed by atoms with Crippen LogP contribution in [0.3, 0.4) is 0 Å². The molecule has 312 valence electrons. The molecule has 0 unspecified atom stereocenters. The number of hydrogen-bond donors (Lipinski definition) is 0. The first-order chi connectivity index (χ1) is 29.2. The molecule has 62 heavy (non-hydrogen) atoms. The maximum absolute atomic E-state index is 2.39. The van der Waals surface area contributed by atoms with Gasteiger partial charge in [0.25, 0.3) is 0 Å². The summed E-state index contributed by atoms with van der Waals surface area (Å²) in [6, 6.07) is 64.7. The number of rotatable bonds is 6. The monoisotopic (exact) mass is 809 g/mol. The Morgan fingerprint density at radius 2 is 0.419 bits per heavy atom. The Kier molecular flexibility index (Phi) is 11.1. The smallest absolute Gasteiger partial charge is 0.00992 e. The molecule has 8 aromatic rings. The molecule has 0 bridgehead atoms. The van der Waals surface area contributed by atoms with Crippen molar-refractivity contribution in [3.05, 3.63) is 192 Å². The highest BCUT2D eigenvalue weighted by Gasteiger charge is 2.19. The quantitative estimate of drug-likeness (QED) is 0.157. The zero-order valence-corrected chi connectivity index (χ0v) is 39.2. The van der Waals surface area contributed by atoms with Gasteiger partial charge in [0.2, 0.25) is 0 Å². The SMILES string of the molecule is CC(C)(C)c1ccc(-c2cc(-c3ccc(C(C)(C)C)cc3)cc(-c3cccc4c(-c5cc(-c6ccc(C(C)(C)C)cc6)cc(-c6ccc(C(C)(C)C)cc6)c5)cccc34)c2)cc1. The Labute approximate surface area is 372 Å². The van der Waals surface area contributed by atoms with Crippen molar-refractivity contribution in [3.63, 3.8) is 0 Å². The molecule has 8 rings (SSSR count). The molecule has 0 N–H and O–H groups in total. The van der Waals surface area contributed by atoms with Gasteiger partial charge in [0.15, 0.2) is 0 Å². The van der Waals surface area contributed by atoms with Crippen LogP contribution in [0, 0.1) is 0 Å². The normalized spacial score (nSPS) is 12.5. The van der Waals surface area contributed by atoms with E-state index in [0.717, 1.165) is 0 Å². The van der Waals surface area contributed by atoms with Crippen LogP contribution in [0.4, 0.5) is 0 Å². The fraction of sp³-hybridized carbons (Fsp3) is 0.258. The Balaban J connectivity index is 1.29. The van der Waals surface area contributed by atoms with Crippen LogP contribution in [0.25, 0.3) is 77.5 Å². The first-order valence-corrected chi connectivity index (χ1v) is 22.5. The molecule has 0 saturated heterocycles. The summed E-state index contributed by atoms with van der Waals surface area (Å²) in [6.45, 7) is 27.4. The summed E-state index contributed by atoms with van der Waals surface area (Å²) >= 11 is 0. The van der Waals surface area contributed by atoms with E-state index in [4.69, 9.17) is 0 Å². The zero-order chi connectivity index (χ0) is 44.2. The predicted molar refractivity (Wildman–Crippen MR) is 271 cm³/mol. The molecule has 0 spiro atoms. The molecule has 0 heteroatoms. The Morgan fingerprint density at radius 3 is 0.629 bits per heavy atom. The summed E-state index contributed by atoms with van der Waals surface area (Å²) in [4.78, 5) is 0. The first-order valence-electron chi connectivity index (χ1n) is 22.5. The predicted octanol–water partition coefficient (Wildman–Crippen LogP) is 18.0. The van der Waals surface area contributed by atoms with Gasteiger partial charge in [0, 0.05) is 0 Å². The summed E-state index contributed by atoms with van der Waals surface area (Å²) in [5.41, 5.74) is 20.4. The maximum Gasteiger partial charge on any atom is -0.00992 e. The summed E-state index contributed by atoms with van der Waals surface area (Å²) in [7, 11) is 0. The lowest BCUT2D eigenvalue weighted by Gasteiger charge is -2.20. The number of fused-ring (bicyclic) bond motifs is 1.